The Bertz CT molecular complexity index is 1180. The number of aliphatic imine (C=N–C) groups is 1. The third-order valence-corrected chi connectivity index (χ3v) is 5.27. The summed E-state index contributed by atoms with van der Waals surface area (Å²) in [7, 11) is 0. The number of aromatic nitrogens is 1. The number of aryl methyl sites for hydroxylation is 1. The molecule has 0 radical (unpaired) electrons. The minimum absolute atomic E-state index is 0.150. The van der Waals surface area contributed by atoms with Crippen molar-refractivity contribution in [3.8, 4) is 11.6 Å². The number of nitrogens with zero attached hydrogens (tertiary/aromatic N) is 4. The van der Waals surface area contributed by atoms with Crippen molar-refractivity contribution in [3.05, 3.63) is 73.4 Å². The van der Waals surface area contributed by atoms with Gasteiger partial charge in [0, 0.05) is 5.22 Å². The fourth-order valence-corrected chi connectivity index (χ4v) is 3.91. The molecular formula is C19H14N4OS2. The zero-order valence-corrected chi connectivity index (χ0v) is 15.5. The number of aromatic hydroxyl groups is 1. The average molecular weight is 378 g/mol. The summed E-state index contributed by atoms with van der Waals surface area (Å²) < 4.78 is 2.29. The SMILES string of the molecule is Cc1ccc(-n2c(O)c(C=c3ccc(=C4N=CN=N4)cc3)sc2=S)cc1. The van der Waals surface area contributed by atoms with Crippen molar-refractivity contribution in [1.82, 2.24) is 4.57 Å². The Morgan fingerprint density at radius 3 is 2.46 bits per heavy atom. The van der Waals surface area contributed by atoms with Gasteiger partial charge in [0.05, 0.1) is 10.6 Å². The lowest BCUT2D eigenvalue weighted by molar-refractivity contribution is 0.441. The van der Waals surface area contributed by atoms with Gasteiger partial charge in [-0.05, 0) is 42.6 Å². The molecule has 0 saturated carbocycles. The number of rotatable bonds is 2. The van der Waals surface area contributed by atoms with E-state index in [9.17, 15) is 5.11 Å². The molecule has 0 spiro atoms. The van der Waals surface area contributed by atoms with Gasteiger partial charge in [0.25, 0.3) is 0 Å². The zero-order valence-electron chi connectivity index (χ0n) is 13.8. The number of hydrogen-bond donors (Lipinski definition) is 1. The Morgan fingerprint density at radius 2 is 1.81 bits per heavy atom. The van der Waals surface area contributed by atoms with E-state index < -0.39 is 0 Å². The second-order valence-corrected chi connectivity index (χ2v) is 7.45. The lowest BCUT2D eigenvalue weighted by atomic mass is 10.2. The van der Waals surface area contributed by atoms with Gasteiger partial charge < -0.3 is 5.11 Å². The highest BCUT2D eigenvalue weighted by Crippen LogP contribution is 2.30. The van der Waals surface area contributed by atoms with E-state index in [0.717, 1.165) is 26.6 Å². The van der Waals surface area contributed by atoms with Gasteiger partial charge in [-0.1, -0.05) is 42.0 Å². The van der Waals surface area contributed by atoms with E-state index in [1.807, 2.05) is 61.5 Å². The molecule has 0 unspecified atom stereocenters. The largest absolute Gasteiger partial charge is 0.493 e. The van der Waals surface area contributed by atoms with Crippen LogP contribution >= 0.6 is 23.6 Å². The lowest BCUT2D eigenvalue weighted by Gasteiger charge is -2.04. The second kappa shape index (κ2) is 6.78. The van der Waals surface area contributed by atoms with Gasteiger partial charge in [0.2, 0.25) is 5.88 Å². The van der Waals surface area contributed by atoms with Crippen molar-refractivity contribution < 1.29 is 5.11 Å². The quantitative estimate of drug-likeness (QED) is 0.692. The van der Waals surface area contributed by atoms with Gasteiger partial charge in [0.15, 0.2) is 9.78 Å². The Labute approximate surface area is 158 Å². The van der Waals surface area contributed by atoms with Crippen molar-refractivity contribution in [1.29, 1.82) is 0 Å². The Morgan fingerprint density at radius 1 is 1.08 bits per heavy atom. The molecule has 1 N–H and O–H groups in total. The van der Waals surface area contributed by atoms with Gasteiger partial charge in [-0.3, -0.25) is 4.57 Å². The molecule has 0 amide bonds. The normalized spacial score (nSPS) is 12.7. The highest BCUT2D eigenvalue weighted by molar-refractivity contribution is 7.73. The molecule has 0 fully saturated rings. The summed E-state index contributed by atoms with van der Waals surface area (Å²) in [6.45, 7) is 2.02. The first-order valence-electron chi connectivity index (χ1n) is 7.89. The maximum Gasteiger partial charge on any atom is 0.215 e. The molecule has 1 aliphatic rings. The van der Waals surface area contributed by atoms with E-state index in [2.05, 4.69) is 15.2 Å². The van der Waals surface area contributed by atoms with Crippen LogP contribution in [0, 0.1) is 10.9 Å². The van der Waals surface area contributed by atoms with E-state index in [1.165, 1.54) is 17.7 Å². The molecule has 2 aromatic carbocycles. The summed E-state index contributed by atoms with van der Waals surface area (Å²) in [5, 5.41) is 20.2. The van der Waals surface area contributed by atoms with Crippen molar-refractivity contribution in [3.63, 3.8) is 0 Å². The third-order valence-electron chi connectivity index (χ3n) is 3.95. The van der Waals surface area contributed by atoms with Gasteiger partial charge in [-0.25, -0.2) is 4.99 Å². The van der Waals surface area contributed by atoms with E-state index >= 15 is 0 Å². The molecule has 26 heavy (non-hydrogen) atoms. The minimum atomic E-state index is 0.150. The fraction of sp³-hybridized carbons (Fsp3) is 0.0526. The standard InChI is InChI=1S/C19H14N4OS2/c1-12-2-8-15(9-3-12)23-18(24)16(26-19(23)25)10-13-4-6-14(7-5-13)17-20-11-21-22-17/h2-11,24H,1H3. The van der Waals surface area contributed by atoms with Crippen LogP contribution in [0.3, 0.4) is 0 Å². The van der Waals surface area contributed by atoms with Crippen LogP contribution in [0.15, 0.2) is 63.8 Å². The van der Waals surface area contributed by atoms with Crippen LogP contribution < -0.4 is 10.4 Å². The zero-order chi connectivity index (χ0) is 18.1. The van der Waals surface area contributed by atoms with Crippen LogP contribution in [0.25, 0.3) is 17.6 Å². The van der Waals surface area contributed by atoms with Crippen LogP contribution in [0.1, 0.15) is 10.4 Å². The molecule has 3 aromatic rings. The van der Waals surface area contributed by atoms with E-state index in [-0.39, 0.29) is 5.88 Å². The smallest absolute Gasteiger partial charge is 0.215 e. The number of azo groups is 1. The Hall–Kier alpha value is -2.90. The molecule has 0 bridgehead atoms. The average Bonchev–Trinajstić information content (AvgIpc) is 3.26. The first-order chi connectivity index (χ1) is 12.6. The molecule has 0 aliphatic carbocycles. The van der Waals surface area contributed by atoms with Crippen LogP contribution in [-0.2, 0) is 0 Å². The molecule has 0 atom stereocenters. The van der Waals surface area contributed by atoms with Crippen molar-refractivity contribution >= 4 is 41.8 Å². The predicted octanol–water partition coefficient (Wildman–Crippen LogP) is 3.67. The highest BCUT2D eigenvalue weighted by Gasteiger charge is 2.11. The molecule has 7 heteroatoms. The summed E-state index contributed by atoms with van der Waals surface area (Å²) in [5.74, 6) is 0.747. The monoisotopic (exact) mass is 378 g/mol. The van der Waals surface area contributed by atoms with Crippen LogP contribution in [0.2, 0.25) is 0 Å². The topological polar surface area (TPSA) is 62.2 Å². The molecule has 2 heterocycles. The first kappa shape index (κ1) is 16.6. The van der Waals surface area contributed by atoms with Crippen molar-refractivity contribution in [2.24, 2.45) is 15.2 Å². The third kappa shape index (κ3) is 3.14. The summed E-state index contributed by atoms with van der Waals surface area (Å²) in [5.41, 5.74) is 2.01. The molecule has 1 aliphatic heterocycles. The Balaban J connectivity index is 1.76. The van der Waals surface area contributed by atoms with Crippen molar-refractivity contribution in [2.75, 3.05) is 0 Å². The summed E-state index contributed by atoms with van der Waals surface area (Å²) >= 11 is 6.82. The number of benzene rings is 2. The van der Waals surface area contributed by atoms with Crippen molar-refractivity contribution in [2.45, 2.75) is 6.92 Å². The molecular weight excluding hydrogens is 364 g/mol. The first-order valence-corrected chi connectivity index (χ1v) is 9.12. The van der Waals surface area contributed by atoms with Gasteiger partial charge in [-0.15, -0.1) is 21.6 Å². The summed E-state index contributed by atoms with van der Waals surface area (Å²) in [4.78, 5) is 4.80. The molecule has 1 aromatic heterocycles. The summed E-state index contributed by atoms with van der Waals surface area (Å²) in [6.07, 6.45) is 3.34. The predicted molar refractivity (Wildman–Crippen MR) is 107 cm³/mol. The maximum absolute atomic E-state index is 10.6. The van der Waals surface area contributed by atoms with Crippen LogP contribution in [0.5, 0.6) is 5.88 Å². The van der Waals surface area contributed by atoms with Gasteiger partial charge >= 0.3 is 0 Å². The number of hydrogen-bond acceptors (Lipinski definition) is 6. The van der Waals surface area contributed by atoms with E-state index in [1.54, 1.807) is 4.57 Å². The highest BCUT2D eigenvalue weighted by atomic mass is 32.1. The van der Waals surface area contributed by atoms with Gasteiger partial charge in [0.1, 0.15) is 6.34 Å². The van der Waals surface area contributed by atoms with E-state index in [4.69, 9.17) is 12.2 Å². The Kier molecular flexibility index (Phi) is 4.32. The van der Waals surface area contributed by atoms with E-state index in [0.29, 0.717) is 9.78 Å². The summed E-state index contributed by atoms with van der Waals surface area (Å²) in [6, 6.07) is 15.6. The molecule has 128 valence electrons. The minimum Gasteiger partial charge on any atom is -0.493 e. The lowest BCUT2D eigenvalue weighted by Crippen LogP contribution is -2.08. The van der Waals surface area contributed by atoms with Crippen LogP contribution in [-0.4, -0.2) is 16.0 Å². The molecule has 4 rings (SSSR count). The molecule has 0 saturated heterocycles. The maximum atomic E-state index is 10.6. The van der Waals surface area contributed by atoms with Crippen LogP contribution in [0.4, 0.5) is 0 Å². The fourth-order valence-electron chi connectivity index (χ4n) is 2.60. The second-order valence-electron chi connectivity index (χ2n) is 5.78. The van der Waals surface area contributed by atoms with Gasteiger partial charge in [-0.2, -0.15) is 0 Å². The molecule has 5 nitrogen and oxygen atoms in total. The number of thiazole rings is 1.